The van der Waals surface area contributed by atoms with Gasteiger partial charge in [0.25, 0.3) is 0 Å². The van der Waals surface area contributed by atoms with Crippen molar-refractivity contribution in [3.63, 3.8) is 0 Å². The fraction of sp³-hybridized carbons (Fsp3) is 0.462. The summed E-state index contributed by atoms with van der Waals surface area (Å²) >= 11 is 0. The monoisotopic (exact) mass is 249 g/mol. The minimum Gasteiger partial charge on any atom is -0.493 e. The first-order chi connectivity index (χ1) is 8.63. The molecule has 0 spiro atoms. The Labute approximate surface area is 107 Å². The first kappa shape index (κ1) is 12.7. The highest BCUT2D eigenvalue weighted by Gasteiger charge is 2.09. The Bertz CT molecular complexity index is 493. The van der Waals surface area contributed by atoms with Crippen molar-refractivity contribution in [1.82, 2.24) is 14.9 Å². The number of nitrogens with zero attached hydrogens (tertiary/aromatic N) is 2. The second-order valence-electron chi connectivity index (χ2n) is 4.46. The van der Waals surface area contributed by atoms with Crippen molar-refractivity contribution in [2.24, 2.45) is 0 Å². The smallest absolute Gasteiger partial charge is 0.163 e. The number of benzene rings is 1. The third-order valence-corrected chi connectivity index (χ3v) is 2.83. The second-order valence-corrected chi connectivity index (χ2v) is 4.46. The van der Waals surface area contributed by atoms with Gasteiger partial charge in [0.15, 0.2) is 11.5 Å². The number of likely N-dealkylation sites (N-methyl/N-ethyl adjacent to an activating group) is 1. The summed E-state index contributed by atoms with van der Waals surface area (Å²) < 4.78 is 10.5. The molecule has 2 aromatic rings. The quantitative estimate of drug-likeness (QED) is 0.876. The van der Waals surface area contributed by atoms with Crippen LogP contribution in [0.2, 0.25) is 0 Å². The van der Waals surface area contributed by atoms with Crippen molar-refractivity contribution in [1.29, 1.82) is 0 Å². The fourth-order valence-corrected chi connectivity index (χ4v) is 1.84. The highest BCUT2D eigenvalue weighted by Crippen LogP contribution is 2.30. The largest absolute Gasteiger partial charge is 0.493 e. The molecule has 0 aliphatic heterocycles. The molecular weight excluding hydrogens is 230 g/mol. The van der Waals surface area contributed by atoms with E-state index in [-0.39, 0.29) is 0 Å². The lowest BCUT2D eigenvalue weighted by atomic mass is 10.3. The van der Waals surface area contributed by atoms with E-state index in [1.807, 2.05) is 12.1 Å². The SMILES string of the molecule is COc1cc2nc(CCN(C)C)[nH]c2cc1OC. The van der Waals surface area contributed by atoms with Crippen molar-refractivity contribution in [2.45, 2.75) is 6.42 Å². The average molecular weight is 249 g/mol. The van der Waals surface area contributed by atoms with Crippen LogP contribution < -0.4 is 9.47 Å². The zero-order valence-electron chi connectivity index (χ0n) is 11.3. The summed E-state index contributed by atoms with van der Waals surface area (Å²) in [6.45, 7) is 0.966. The maximum atomic E-state index is 5.27. The molecule has 0 radical (unpaired) electrons. The zero-order chi connectivity index (χ0) is 13.1. The first-order valence-electron chi connectivity index (χ1n) is 5.89. The number of rotatable bonds is 5. The van der Waals surface area contributed by atoms with Gasteiger partial charge in [0.2, 0.25) is 0 Å². The van der Waals surface area contributed by atoms with Crippen LogP contribution in [0.1, 0.15) is 5.82 Å². The minimum absolute atomic E-state index is 0.704. The molecule has 18 heavy (non-hydrogen) atoms. The summed E-state index contributed by atoms with van der Waals surface area (Å²) in [4.78, 5) is 9.99. The maximum absolute atomic E-state index is 5.27. The summed E-state index contributed by atoms with van der Waals surface area (Å²) in [5, 5.41) is 0. The lowest BCUT2D eigenvalue weighted by molar-refractivity contribution is 0.356. The van der Waals surface area contributed by atoms with Gasteiger partial charge in [-0.2, -0.15) is 0 Å². The van der Waals surface area contributed by atoms with Crippen molar-refractivity contribution in [3.05, 3.63) is 18.0 Å². The van der Waals surface area contributed by atoms with Gasteiger partial charge in [-0.05, 0) is 14.1 Å². The number of aromatic amines is 1. The Hall–Kier alpha value is -1.75. The molecule has 0 amide bonds. The Morgan fingerprint density at radius 2 is 1.83 bits per heavy atom. The van der Waals surface area contributed by atoms with E-state index in [1.165, 1.54) is 0 Å². The molecular formula is C13H19N3O2. The van der Waals surface area contributed by atoms with Gasteiger partial charge >= 0.3 is 0 Å². The van der Waals surface area contributed by atoms with Crippen LogP contribution in [0.25, 0.3) is 11.0 Å². The van der Waals surface area contributed by atoms with Crippen molar-refractivity contribution in [2.75, 3.05) is 34.9 Å². The van der Waals surface area contributed by atoms with E-state index in [4.69, 9.17) is 9.47 Å². The van der Waals surface area contributed by atoms with Gasteiger partial charge in [-0.3, -0.25) is 0 Å². The first-order valence-corrected chi connectivity index (χ1v) is 5.89. The average Bonchev–Trinajstić information content (AvgIpc) is 2.76. The van der Waals surface area contributed by atoms with E-state index in [0.717, 1.165) is 29.8 Å². The van der Waals surface area contributed by atoms with E-state index < -0.39 is 0 Å². The van der Waals surface area contributed by atoms with Gasteiger partial charge < -0.3 is 19.4 Å². The molecule has 2 rings (SSSR count). The Kier molecular flexibility index (Phi) is 3.72. The number of hydrogen-bond donors (Lipinski definition) is 1. The molecule has 0 atom stereocenters. The van der Waals surface area contributed by atoms with E-state index in [2.05, 4.69) is 29.0 Å². The molecule has 1 aromatic carbocycles. The Morgan fingerprint density at radius 3 is 2.44 bits per heavy atom. The number of H-pyrrole nitrogens is 1. The van der Waals surface area contributed by atoms with Crippen LogP contribution in [0.5, 0.6) is 11.5 Å². The third kappa shape index (κ3) is 2.56. The molecule has 1 N–H and O–H groups in total. The van der Waals surface area contributed by atoms with Crippen LogP contribution in [0.15, 0.2) is 12.1 Å². The van der Waals surface area contributed by atoms with E-state index in [9.17, 15) is 0 Å². The van der Waals surface area contributed by atoms with Gasteiger partial charge in [0.1, 0.15) is 5.82 Å². The predicted molar refractivity (Wildman–Crippen MR) is 71.5 cm³/mol. The molecule has 0 aliphatic carbocycles. The third-order valence-electron chi connectivity index (χ3n) is 2.83. The highest BCUT2D eigenvalue weighted by molar-refractivity contribution is 5.79. The minimum atomic E-state index is 0.704. The molecule has 1 aromatic heterocycles. The highest BCUT2D eigenvalue weighted by atomic mass is 16.5. The molecule has 0 saturated heterocycles. The summed E-state index contributed by atoms with van der Waals surface area (Å²) in [5.74, 6) is 2.40. The molecule has 0 unspecified atom stereocenters. The number of nitrogens with one attached hydrogen (secondary N) is 1. The van der Waals surface area contributed by atoms with Crippen molar-refractivity contribution < 1.29 is 9.47 Å². The Morgan fingerprint density at radius 1 is 1.17 bits per heavy atom. The fourth-order valence-electron chi connectivity index (χ4n) is 1.84. The summed E-state index contributed by atoms with van der Waals surface area (Å²) in [5.41, 5.74) is 1.88. The van der Waals surface area contributed by atoms with Gasteiger partial charge in [-0.25, -0.2) is 4.98 Å². The van der Waals surface area contributed by atoms with Crippen LogP contribution in [0.3, 0.4) is 0 Å². The number of aromatic nitrogens is 2. The number of imidazole rings is 1. The summed E-state index contributed by atoms with van der Waals surface area (Å²) in [6.07, 6.45) is 0.895. The number of fused-ring (bicyclic) bond motifs is 1. The van der Waals surface area contributed by atoms with Gasteiger partial charge in [0, 0.05) is 25.1 Å². The molecule has 0 aliphatic rings. The lowest BCUT2D eigenvalue weighted by Gasteiger charge is -2.06. The number of methoxy groups -OCH3 is 2. The summed E-state index contributed by atoms with van der Waals surface area (Å²) in [6, 6.07) is 3.81. The molecule has 0 fully saturated rings. The van der Waals surface area contributed by atoms with E-state index in [1.54, 1.807) is 14.2 Å². The van der Waals surface area contributed by atoms with Crippen LogP contribution in [0.4, 0.5) is 0 Å². The zero-order valence-corrected chi connectivity index (χ0v) is 11.3. The molecule has 0 bridgehead atoms. The maximum Gasteiger partial charge on any atom is 0.163 e. The topological polar surface area (TPSA) is 50.4 Å². The molecule has 5 heteroatoms. The van der Waals surface area contributed by atoms with E-state index in [0.29, 0.717) is 11.5 Å². The summed E-state index contributed by atoms with van der Waals surface area (Å²) in [7, 11) is 7.36. The molecule has 1 heterocycles. The number of ether oxygens (including phenoxy) is 2. The van der Waals surface area contributed by atoms with Gasteiger partial charge in [0.05, 0.1) is 25.3 Å². The van der Waals surface area contributed by atoms with Crippen molar-refractivity contribution in [3.8, 4) is 11.5 Å². The number of hydrogen-bond acceptors (Lipinski definition) is 4. The van der Waals surface area contributed by atoms with Crippen LogP contribution in [0, 0.1) is 0 Å². The Balaban J connectivity index is 2.32. The van der Waals surface area contributed by atoms with Crippen molar-refractivity contribution >= 4 is 11.0 Å². The lowest BCUT2D eigenvalue weighted by Crippen LogP contribution is -2.15. The second kappa shape index (κ2) is 5.27. The van der Waals surface area contributed by atoms with E-state index >= 15 is 0 Å². The van der Waals surface area contributed by atoms with Crippen LogP contribution >= 0.6 is 0 Å². The molecule has 0 saturated carbocycles. The van der Waals surface area contributed by atoms with Gasteiger partial charge in [-0.1, -0.05) is 0 Å². The van der Waals surface area contributed by atoms with Crippen LogP contribution in [-0.4, -0.2) is 49.7 Å². The van der Waals surface area contributed by atoms with Crippen LogP contribution in [-0.2, 0) is 6.42 Å². The normalized spacial score (nSPS) is 11.2. The van der Waals surface area contributed by atoms with Gasteiger partial charge in [-0.15, -0.1) is 0 Å². The standard InChI is InChI=1S/C13H19N3O2/c1-16(2)6-5-13-14-9-7-11(17-3)12(18-4)8-10(9)15-13/h7-8H,5-6H2,1-4H3,(H,14,15). The molecule has 5 nitrogen and oxygen atoms in total. The predicted octanol–water partition coefficient (Wildman–Crippen LogP) is 1.68. The molecule has 98 valence electrons.